The molecule has 0 atom stereocenters. The fourth-order valence-electron chi connectivity index (χ4n) is 1.77. The van der Waals surface area contributed by atoms with Crippen molar-refractivity contribution in [3.8, 4) is 5.75 Å². The molecule has 0 bridgehead atoms. The van der Waals surface area contributed by atoms with E-state index in [9.17, 15) is 8.42 Å². The van der Waals surface area contributed by atoms with Crippen LogP contribution in [0, 0.1) is 0 Å². The molecule has 0 unspecified atom stereocenters. The number of benzene rings is 1. The molecule has 1 rings (SSSR count). The van der Waals surface area contributed by atoms with E-state index in [0.29, 0.717) is 12.3 Å². The Bertz CT molecular complexity index is 548. The summed E-state index contributed by atoms with van der Waals surface area (Å²) in [5, 5.41) is 3.19. The third-order valence-corrected chi connectivity index (χ3v) is 4.33. The van der Waals surface area contributed by atoms with Crippen molar-refractivity contribution < 1.29 is 13.2 Å². The van der Waals surface area contributed by atoms with E-state index < -0.39 is 15.6 Å². The van der Waals surface area contributed by atoms with Gasteiger partial charge in [-0.05, 0) is 45.0 Å². The summed E-state index contributed by atoms with van der Waals surface area (Å²) in [5.74, 6) is 0.358. The van der Waals surface area contributed by atoms with Crippen LogP contribution in [-0.2, 0) is 16.6 Å². The molecule has 1 aromatic carbocycles. The molecule has 5 nitrogen and oxygen atoms in total. The minimum Gasteiger partial charge on any atom is -0.495 e. The maximum Gasteiger partial charge on any atom is 0.244 e. The molecular formula is C14H24N2O3S. The van der Waals surface area contributed by atoms with E-state index in [1.807, 2.05) is 6.92 Å². The molecule has 114 valence electrons. The minimum absolute atomic E-state index is 0.162. The van der Waals surface area contributed by atoms with Crippen molar-refractivity contribution >= 4 is 10.0 Å². The van der Waals surface area contributed by atoms with Crippen LogP contribution in [0.3, 0.4) is 0 Å². The van der Waals surface area contributed by atoms with Gasteiger partial charge in [-0.3, -0.25) is 0 Å². The predicted octanol–water partition coefficient (Wildman–Crippen LogP) is 1.88. The van der Waals surface area contributed by atoms with Gasteiger partial charge in [0.2, 0.25) is 10.0 Å². The Kier molecular flexibility index (Phi) is 5.56. The Balaban J connectivity index is 3.12. The molecule has 0 heterocycles. The van der Waals surface area contributed by atoms with E-state index in [1.54, 1.807) is 39.0 Å². The zero-order valence-corrected chi connectivity index (χ0v) is 13.6. The molecule has 0 aliphatic carbocycles. The molecule has 0 aromatic heterocycles. The largest absolute Gasteiger partial charge is 0.495 e. The number of hydrogen-bond acceptors (Lipinski definition) is 4. The van der Waals surface area contributed by atoms with Crippen LogP contribution in [0.15, 0.2) is 23.1 Å². The highest BCUT2D eigenvalue weighted by atomic mass is 32.2. The molecule has 0 amide bonds. The lowest BCUT2D eigenvalue weighted by Crippen LogP contribution is -2.40. The van der Waals surface area contributed by atoms with Gasteiger partial charge in [0.1, 0.15) is 10.6 Å². The van der Waals surface area contributed by atoms with Gasteiger partial charge in [-0.25, -0.2) is 13.1 Å². The lowest BCUT2D eigenvalue weighted by Gasteiger charge is -2.21. The topological polar surface area (TPSA) is 67.4 Å². The lowest BCUT2D eigenvalue weighted by atomic mass is 10.1. The first-order chi connectivity index (χ1) is 9.19. The first kappa shape index (κ1) is 16.9. The first-order valence-corrected chi connectivity index (χ1v) is 8.09. The monoisotopic (exact) mass is 300 g/mol. The summed E-state index contributed by atoms with van der Waals surface area (Å²) < 4.78 is 32.5. The van der Waals surface area contributed by atoms with Gasteiger partial charge in [-0.2, -0.15) is 0 Å². The SMILES string of the molecule is CCNCc1ccc(S(=O)(=O)NC(C)(C)C)c(OC)c1. The van der Waals surface area contributed by atoms with Crippen molar-refractivity contribution in [2.75, 3.05) is 13.7 Å². The molecule has 2 N–H and O–H groups in total. The van der Waals surface area contributed by atoms with E-state index in [-0.39, 0.29) is 4.90 Å². The maximum absolute atomic E-state index is 12.3. The van der Waals surface area contributed by atoms with Crippen molar-refractivity contribution in [2.24, 2.45) is 0 Å². The van der Waals surface area contributed by atoms with Crippen LogP contribution in [0.5, 0.6) is 5.75 Å². The van der Waals surface area contributed by atoms with Crippen molar-refractivity contribution in [3.63, 3.8) is 0 Å². The standard InChI is InChI=1S/C14H24N2O3S/c1-6-15-10-11-7-8-13(12(9-11)19-5)20(17,18)16-14(2,3)4/h7-9,15-16H,6,10H2,1-5H3. The molecule has 0 fully saturated rings. The molecule has 0 saturated heterocycles. The highest BCUT2D eigenvalue weighted by Crippen LogP contribution is 2.26. The van der Waals surface area contributed by atoms with Gasteiger partial charge in [0.05, 0.1) is 7.11 Å². The minimum atomic E-state index is -3.59. The second-order valence-electron chi connectivity index (χ2n) is 5.62. The van der Waals surface area contributed by atoms with Crippen molar-refractivity contribution in [1.82, 2.24) is 10.0 Å². The highest BCUT2D eigenvalue weighted by molar-refractivity contribution is 7.89. The van der Waals surface area contributed by atoms with Crippen LogP contribution < -0.4 is 14.8 Å². The van der Waals surface area contributed by atoms with Gasteiger partial charge in [0.15, 0.2) is 0 Å². The number of nitrogens with one attached hydrogen (secondary N) is 2. The molecule has 0 aliphatic rings. The van der Waals surface area contributed by atoms with Crippen molar-refractivity contribution in [3.05, 3.63) is 23.8 Å². The summed E-state index contributed by atoms with van der Waals surface area (Å²) in [6.45, 7) is 8.96. The second-order valence-corrected chi connectivity index (χ2v) is 7.27. The Hall–Kier alpha value is -1.11. The summed E-state index contributed by atoms with van der Waals surface area (Å²) in [7, 11) is -2.12. The van der Waals surface area contributed by atoms with Crippen LogP contribution in [0.25, 0.3) is 0 Å². The maximum atomic E-state index is 12.3. The number of rotatable bonds is 6. The zero-order valence-electron chi connectivity index (χ0n) is 12.8. The first-order valence-electron chi connectivity index (χ1n) is 6.61. The fourth-order valence-corrected chi connectivity index (χ4v) is 3.34. The van der Waals surface area contributed by atoms with Gasteiger partial charge in [0, 0.05) is 12.1 Å². The summed E-state index contributed by atoms with van der Waals surface area (Å²) in [6, 6.07) is 5.13. The normalized spacial score (nSPS) is 12.4. The van der Waals surface area contributed by atoms with Gasteiger partial charge in [-0.1, -0.05) is 13.0 Å². The number of methoxy groups -OCH3 is 1. The number of ether oxygens (including phenoxy) is 1. The highest BCUT2D eigenvalue weighted by Gasteiger charge is 2.25. The predicted molar refractivity (Wildman–Crippen MR) is 80.4 cm³/mol. The smallest absolute Gasteiger partial charge is 0.244 e. The summed E-state index contributed by atoms with van der Waals surface area (Å²) >= 11 is 0. The molecule has 20 heavy (non-hydrogen) atoms. The number of hydrogen-bond donors (Lipinski definition) is 2. The fraction of sp³-hybridized carbons (Fsp3) is 0.571. The van der Waals surface area contributed by atoms with Crippen molar-refractivity contribution in [2.45, 2.75) is 44.7 Å². The van der Waals surface area contributed by atoms with Gasteiger partial charge in [-0.15, -0.1) is 0 Å². The van der Waals surface area contributed by atoms with Crippen LogP contribution in [-0.4, -0.2) is 27.6 Å². The van der Waals surface area contributed by atoms with E-state index in [4.69, 9.17) is 4.74 Å². The summed E-state index contributed by atoms with van der Waals surface area (Å²) in [4.78, 5) is 0.162. The van der Waals surface area contributed by atoms with Gasteiger partial charge >= 0.3 is 0 Å². The third-order valence-electron chi connectivity index (χ3n) is 2.54. The molecule has 6 heteroatoms. The van der Waals surface area contributed by atoms with Crippen LogP contribution >= 0.6 is 0 Å². The Morgan fingerprint density at radius 2 is 1.90 bits per heavy atom. The Morgan fingerprint density at radius 3 is 2.40 bits per heavy atom. The molecule has 0 radical (unpaired) electrons. The van der Waals surface area contributed by atoms with E-state index in [2.05, 4.69) is 10.0 Å². The molecule has 0 aliphatic heterocycles. The van der Waals surface area contributed by atoms with Gasteiger partial charge < -0.3 is 10.1 Å². The third kappa shape index (κ3) is 4.77. The van der Waals surface area contributed by atoms with E-state index in [1.165, 1.54) is 7.11 Å². The zero-order chi connectivity index (χ0) is 15.4. The average molecular weight is 300 g/mol. The Labute approximate surface area is 121 Å². The van der Waals surface area contributed by atoms with E-state index >= 15 is 0 Å². The molecule has 0 spiro atoms. The van der Waals surface area contributed by atoms with Crippen LogP contribution in [0.1, 0.15) is 33.3 Å². The summed E-state index contributed by atoms with van der Waals surface area (Å²) in [6.07, 6.45) is 0. The molecule has 0 saturated carbocycles. The molecule has 1 aromatic rings. The van der Waals surface area contributed by atoms with Crippen LogP contribution in [0.2, 0.25) is 0 Å². The lowest BCUT2D eigenvalue weighted by molar-refractivity contribution is 0.400. The molecular weight excluding hydrogens is 276 g/mol. The van der Waals surface area contributed by atoms with Crippen LogP contribution in [0.4, 0.5) is 0 Å². The van der Waals surface area contributed by atoms with Gasteiger partial charge in [0.25, 0.3) is 0 Å². The summed E-state index contributed by atoms with van der Waals surface area (Å²) in [5.41, 5.74) is 0.449. The Morgan fingerprint density at radius 1 is 1.25 bits per heavy atom. The number of sulfonamides is 1. The quantitative estimate of drug-likeness (QED) is 0.842. The average Bonchev–Trinajstić information content (AvgIpc) is 2.33. The van der Waals surface area contributed by atoms with E-state index in [0.717, 1.165) is 12.1 Å². The second kappa shape index (κ2) is 6.56. The van der Waals surface area contributed by atoms with Crippen molar-refractivity contribution in [1.29, 1.82) is 0 Å².